The molecule has 6 aromatic rings. The first-order chi connectivity index (χ1) is 18.9. The van der Waals surface area contributed by atoms with E-state index in [0.717, 1.165) is 34.2 Å². The van der Waals surface area contributed by atoms with Gasteiger partial charge in [-0.05, 0) is 72.8 Å². The minimum absolute atomic E-state index is 0. The van der Waals surface area contributed by atoms with Gasteiger partial charge in [-0.1, -0.05) is 36.4 Å². The van der Waals surface area contributed by atoms with Crippen LogP contribution in [0, 0.1) is 0 Å². The molecule has 0 aliphatic rings. The van der Waals surface area contributed by atoms with E-state index in [-0.39, 0.29) is 25.0 Å². The summed E-state index contributed by atoms with van der Waals surface area (Å²) in [7, 11) is 0. The summed E-state index contributed by atoms with van der Waals surface area (Å²) < 4.78 is 0. The first-order valence-electron chi connectivity index (χ1n) is 11.7. The van der Waals surface area contributed by atoms with Crippen LogP contribution >= 0.6 is 0 Å². The van der Waals surface area contributed by atoms with Gasteiger partial charge in [-0.3, -0.25) is 41.6 Å². The van der Waals surface area contributed by atoms with Crippen LogP contribution in [0.15, 0.2) is 146 Å². The predicted molar refractivity (Wildman–Crippen MR) is 154 cm³/mol. The zero-order valence-electron chi connectivity index (χ0n) is 21.5. The summed E-state index contributed by atoms with van der Waals surface area (Å²) in [6.07, 6.45) is 10.6. The Morgan fingerprint density at radius 2 is 0.450 bits per heavy atom. The number of rotatable bonds is 3. The van der Waals surface area contributed by atoms with Crippen LogP contribution in [0.3, 0.4) is 0 Å². The third kappa shape index (κ3) is 11.4. The van der Waals surface area contributed by atoms with Crippen molar-refractivity contribution in [3.63, 3.8) is 0 Å². The molecule has 0 aromatic carbocycles. The summed E-state index contributed by atoms with van der Waals surface area (Å²) in [4.78, 5) is 25.1. The second-order valence-corrected chi connectivity index (χ2v) is 7.29. The van der Waals surface area contributed by atoms with E-state index in [1.165, 1.54) is 0 Å². The van der Waals surface area contributed by atoms with Crippen molar-refractivity contribution >= 4 is 0 Å². The number of aromatic nitrogens is 6. The third-order valence-corrected chi connectivity index (χ3v) is 4.78. The van der Waals surface area contributed by atoms with Gasteiger partial charge in [0.2, 0.25) is 0 Å². The molecule has 6 aromatic heterocycles. The summed E-state index contributed by atoms with van der Waals surface area (Å²) in [5.41, 5.74) is 5.49. The van der Waals surface area contributed by atoms with Gasteiger partial charge < -0.3 is 5.48 Å². The minimum atomic E-state index is 0. The van der Waals surface area contributed by atoms with Gasteiger partial charge in [-0.15, -0.1) is 0 Å². The second-order valence-electron chi connectivity index (χ2n) is 7.29. The molecular weight excluding hydrogens is 589 g/mol. The molecule has 0 aliphatic carbocycles. The van der Waals surface area contributed by atoms with Crippen LogP contribution in [-0.4, -0.2) is 35.4 Å². The molecule has 40 heavy (non-hydrogen) atoms. The molecule has 6 rings (SSSR count). The monoisotopic (exact) mass is 620 g/mol. The third-order valence-electron chi connectivity index (χ3n) is 4.78. The molecule has 0 fully saturated rings. The second kappa shape index (κ2) is 20.4. The van der Waals surface area contributed by atoms with Gasteiger partial charge in [0.05, 0.1) is 34.2 Å². The quantitative estimate of drug-likeness (QED) is 0.167. The van der Waals surface area contributed by atoms with E-state index in [0.29, 0.717) is 0 Å². The van der Waals surface area contributed by atoms with Crippen molar-refractivity contribution in [1.29, 1.82) is 0 Å². The summed E-state index contributed by atoms with van der Waals surface area (Å²) in [6.45, 7) is 0. The van der Waals surface area contributed by atoms with Crippen LogP contribution in [0.1, 0.15) is 0 Å². The number of hydrogen-bond acceptors (Lipinski definition) is 8. The van der Waals surface area contributed by atoms with Crippen LogP contribution in [0.25, 0.3) is 34.2 Å². The molecule has 0 spiro atoms. The van der Waals surface area contributed by atoms with E-state index in [4.69, 9.17) is 0 Å². The maximum atomic E-state index is 4.19. The van der Waals surface area contributed by atoms with Gasteiger partial charge in [-0.25, -0.2) is 0 Å². The van der Waals surface area contributed by atoms with Gasteiger partial charge in [0.15, 0.2) is 0 Å². The molecule has 6 N–H and O–H groups in total. The maximum Gasteiger partial charge on any atom is 0.0886 e. The Hall–Kier alpha value is -4.60. The summed E-state index contributed by atoms with van der Waals surface area (Å²) in [5, 5.41) is 0. The fraction of sp³-hybridized carbons (Fsp3) is 0. The Morgan fingerprint density at radius 1 is 0.300 bits per heavy atom. The van der Waals surface area contributed by atoms with E-state index in [1.54, 1.807) is 37.2 Å². The van der Waals surface area contributed by atoms with Crippen molar-refractivity contribution in [2.24, 2.45) is 11.7 Å². The molecule has 0 amide bonds. The zero-order valence-corrected chi connectivity index (χ0v) is 23.3. The first kappa shape index (κ1) is 33.4. The molecule has 0 aliphatic heterocycles. The molecule has 0 radical (unpaired) electrons. The number of pyridine rings is 6. The Kier molecular flexibility index (Phi) is 17.0. The van der Waals surface area contributed by atoms with Crippen molar-refractivity contribution in [3.05, 3.63) is 146 Å². The smallest absolute Gasteiger partial charge is 0.0886 e. The molecule has 10 heteroatoms. The van der Waals surface area contributed by atoms with Gasteiger partial charge in [0, 0.05) is 56.7 Å². The molecule has 0 saturated carbocycles. The van der Waals surface area contributed by atoms with E-state index in [2.05, 4.69) is 41.6 Å². The normalized spacial score (nSPS) is 8.85. The average molecular weight is 620 g/mol. The zero-order chi connectivity index (χ0) is 26.7. The number of hydrogen-bond donors (Lipinski definition) is 2. The Bertz CT molecular complexity index is 1110. The molecule has 0 saturated heterocycles. The summed E-state index contributed by atoms with van der Waals surface area (Å²) in [6, 6.07) is 34.8. The maximum absolute atomic E-state index is 4.19. The molecule has 0 unspecified atom stereocenters. The van der Waals surface area contributed by atoms with E-state index >= 15 is 0 Å². The number of nitrogens with zero attached hydrogens (tertiary/aromatic N) is 6. The van der Waals surface area contributed by atoms with E-state index in [9.17, 15) is 0 Å². The fourth-order valence-corrected chi connectivity index (χ4v) is 3.09. The summed E-state index contributed by atoms with van der Waals surface area (Å²) >= 11 is 0. The van der Waals surface area contributed by atoms with Crippen LogP contribution in [0.2, 0.25) is 0 Å². The van der Waals surface area contributed by atoms with Crippen molar-refractivity contribution in [3.8, 4) is 34.2 Å². The molecule has 9 nitrogen and oxygen atoms in total. The van der Waals surface area contributed by atoms with E-state index in [1.807, 2.05) is 109 Å². The molecule has 0 bridgehead atoms. The van der Waals surface area contributed by atoms with Crippen molar-refractivity contribution in [1.82, 2.24) is 29.9 Å². The van der Waals surface area contributed by atoms with Gasteiger partial charge in [0.1, 0.15) is 0 Å². The van der Waals surface area contributed by atoms with Crippen molar-refractivity contribution in [2.45, 2.75) is 0 Å². The van der Waals surface area contributed by atoms with E-state index < -0.39 is 0 Å². The standard InChI is InChI=1S/3C10H8N2.H4N2.H2O.Ru/c3*1-3-7-11-9(5-1)10-6-2-4-8-12-10;1-2;;/h3*1-8H;1-2H2;1H2;. The minimum Gasteiger partial charge on any atom is -0.412 e. The van der Waals surface area contributed by atoms with Crippen LogP contribution in [0.4, 0.5) is 0 Å². The summed E-state index contributed by atoms with van der Waals surface area (Å²) in [5.74, 6) is 8.00. The average Bonchev–Trinajstić information content (AvgIpc) is 3.05. The topological polar surface area (TPSA) is 161 Å². The number of nitrogens with two attached hydrogens (primary N) is 2. The van der Waals surface area contributed by atoms with Crippen LogP contribution in [-0.2, 0) is 19.5 Å². The van der Waals surface area contributed by atoms with Crippen molar-refractivity contribution in [2.75, 3.05) is 0 Å². The number of hydrazine groups is 1. The molecule has 204 valence electrons. The SMILES string of the molecule is NN.O.[Ru].c1ccc(-c2ccccn2)nc1.c1ccc(-c2ccccn2)nc1.c1ccc(-c2ccccn2)nc1. The fourth-order valence-electron chi connectivity index (χ4n) is 3.09. The molecule has 6 heterocycles. The van der Waals surface area contributed by atoms with Gasteiger partial charge >= 0.3 is 0 Å². The Morgan fingerprint density at radius 3 is 0.550 bits per heavy atom. The van der Waals surface area contributed by atoms with Crippen LogP contribution < -0.4 is 11.7 Å². The first-order valence-corrected chi connectivity index (χ1v) is 11.7. The Balaban J connectivity index is 0.000000284. The van der Waals surface area contributed by atoms with Gasteiger partial charge in [0.25, 0.3) is 0 Å². The molecule has 0 atom stereocenters. The van der Waals surface area contributed by atoms with Gasteiger partial charge in [-0.2, -0.15) is 0 Å². The predicted octanol–water partition coefficient (Wildman–Crippen LogP) is 4.42. The van der Waals surface area contributed by atoms with Crippen molar-refractivity contribution < 1.29 is 25.0 Å². The largest absolute Gasteiger partial charge is 0.412 e. The van der Waals surface area contributed by atoms with Crippen LogP contribution in [0.5, 0.6) is 0 Å². The molecular formula is C30H30N8ORu. The Labute approximate surface area is 246 Å².